The Hall–Kier alpha value is 0. The Kier molecular flexibility index (Phi) is 7.15. The quantitative estimate of drug-likeness (QED) is 0.454. The van der Waals surface area contributed by atoms with E-state index in [4.69, 9.17) is 0 Å². The normalized spacial score (nSPS) is 51.0. The Morgan fingerprint density at radius 2 is 0.786 bits per heavy atom. The first-order chi connectivity index (χ1) is 13.5. The third kappa shape index (κ3) is 4.83. The van der Waals surface area contributed by atoms with Crippen LogP contribution in [-0.4, -0.2) is 0 Å². The van der Waals surface area contributed by atoms with Gasteiger partial charge in [0.15, 0.2) is 0 Å². The van der Waals surface area contributed by atoms with Crippen molar-refractivity contribution in [1.29, 1.82) is 0 Å². The van der Waals surface area contributed by atoms with E-state index >= 15 is 0 Å². The van der Waals surface area contributed by atoms with E-state index in [2.05, 4.69) is 27.7 Å². The maximum absolute atomic E-state index is 2.64. The van der Waals surface area contributed by atoms with Gasteiger partial charge in [-0.3, -0.25) is 0 Å². The second-order valence-electron chi connectivity index (χ2n) is 12.5. The fourth-order valence-electron chi connectivity index (χ4n) is 8.87. The average Bonchev–Trinajstić information content (AvgIpc) is 2.68. The minimum Gasteiger partial charge on any atom is -0.0625 e. The summed E-state index contributed by atoms with van der Waals surface area (Å²) in [6, 6.07) is 0. The van der Waals surface area contributed by atoms with Crippen LogP contribution in [-0.2, 0) is 0 Å². The summed E-state index contributed by atoms with van der Waals surface area (Å²) in [5.74, 6) is 10.4. The molecule has 0 spiro atoms. The topological polar surface area (TPSA) is 0 Å². The van der Waals surface area contributed by atoms with E-state index in [0.717, 1.165) is 59.2 Å². The van der Waals surface area contributed by atoms with Crippen LogP contribution in [0.4, 0.5) is 0 Å². The molecule has 4 rings (SSSR count). The van der Waals surface area contributed by atoms with Crippen molar-refractivity contribution in [2.75, 3.05) is 0 Å². The number of rotatable bonds is 3. The first-order valence-corrected chi connectivity index (χ1v) is 13.5. The zero-order chi connectivity index (χ0) is 19.7. The smallest absolute Gasteiger partial charge is 0.0357 e. The maximum atomic E-state index is 2.64. The molecule has 4 aliphatic carbocycles. The Bertz CT molecular complexity index is 436. The zero-order valence-corrected chi connectivity index (χ0v) is 19.7. The van der Waals surface area contributed by atoms with E-state index in [1.165, 1.54) is 25.7 Å². The average molecular weight is 387 g/mol. The largest absolute Gasteiger partial charge is 0.0625 e. The molecule has 0 amide bonds. The molecule has 0 heteroatoms. The molecule has 0 saturated heterocycles. The van der Waals surface area contributed by atoms with Gasteiger partial charge < -0.3 is 0 Å². The van der Waals surface area contributed by atoms with Crippen LogP contribution in [0.3, 0.4) is 0 Å². The number of hydrogen-bond donors (Lipinski definition) is 0. The van der Waals surface area contributed by atoms with Crippen molar-refractivity contribution in [3.05, 3.63) is 0 Å². The highest BCUT2D eigenvalue weighted by Gasteiger charge is 2.41. The van der Waals surface area contributed by atoms with Gasteiger partial charge in [0.1, 0.15) is 0 Å². The van der Waals surface area contributed by atoms with Crippen LogP contribution in [0.5, 0.6) is 0 Å². The van der Waals surface area contributed by atoms with Crippen LogP contribution in [0.25, 0.3) is 0 Å². The predicted molar refractivity (Wildman–Crippen MR) is 122 cm³/mol. The first-order valence-electron chi connectivity index (χ1n) is 13.5. The molecule has 0 aromatic heterocycles. The Labute approximate surface area is 177 Å². The van der Waals surface area contributed by atoms with Gasteiger partial charge in [0.25, 0.3) is 0 Å². The lowest BCUT2D eigenvalue weighted by atomic mass is 9.58. The predicted octanol–water partition coefficient (Wildman–Crippen LogP) is 8.74. The van der Waals surface area contributed by atoms with E-state index in [-0.39, 0.29) is 0 Å². The molecule has 0 heterocycles. The zero-order valence-electron chi connectivity index (χ0n) is 19.7. The van der Waals surface area contributed by atoms with Crippen molar-refractivity contribution in [1.82, 2.24) is 0 Å². The molecule has 10 unspecified atom stereocenters. The summed E-state index contributed by atoms with van der Waals surface area (Å²) in [7, 11) is 0. The van der Waals surface area contributed by atoms with Crippen molar-refractivity contribution in [2.24, 2.45) is 59.2 Å². The van der Waals surface area contributed by atoms with Gasteiger partial charge in [-0.2, -0.15) is 0 Å². The highest BCUT2D eigenvalue weighted by atomic mass is 14.5. The monoisotopic (exact) mass is 386 g/mol. The van der Waals surface area contributed by atoms with E-state index in [9.17, 15) is 0 Å². The van der Waals surface area contributed by atoms with Gasteiger partial charge in [-0.05, 0) is 111 Å². The third-order valence-electron chi connectivity index (χ3n) is 10.4. The van der Waals surface area contributed by atoms with Gasteiger partial charge in [0.2, 0.25) is 0 Å². The molecule has 4 saturated carbocycles. The lowest BCUT2D eigenvalue weighted by molar-refractivity contribution is 0.0233. The minimum atomic E-state index is 0.995. The minimum absolute atomic E-state index is 0.995. The van der Waals surface area contributed by atoms with Gasteiger partial charge in [0, 0.05) is 0 Å². The third-order valence-corrected chi connectivity index (χ3v) is 10.4. The number of hydrogen-bond acceptors (Lipinski definition) is 0. The standard InChI is InChI=1S/C28H50/c1-19-7-5-9-23(15-19)25-11-13-27(21(3)17-25)28-14-12-26(18-22(28)4)24-10-6-8-20(2)16-24/h19-28H,5-18H2,1-4H3. The van der Waals surface area contributed by atoms with Gasteiger partial charge in [0.05, 0.1) is 0 Å². The fraction of sp³-hybridized carbons (Fsp3) is 1.00. The molecule has 4 aliphatic rings. The molecule has 4 fully saturated rings. The Morgan fingerprint density at radius 1 is 0.393 bits per heavy atom. The van der Waals surface area contributed by atoms with Gasteiger partial charge >= 0.3 is 0 Å². The van der Waals surface area contributed by atoms with Gasteiger partial charge in [-0.1, -0.05) is 66.2 Å². The molecule has 0 aromatic carbocycles. The fourth-order valence-corrected chi connectivity index (χ4v) is 8.87. The Morgan fingerprint density at radius 3 is 1.14 bits per heavy atom. The lowest BCUT2D eigenvalue weighted by Gasteiger charge is -2.48. The van der Waals surface area contributed by atoms with Crippen LogP contribution >= 0.6 is 0 Å². The maximum Gasteiger partial charge on any atom is -0.0357 e. The molecule has 0 aliphatic heterocycles. The van der Waals surface area contributed by atoms with E-state index < -0.39 is 0 Å². The molecular formula is C28H50. The molecule has 0 nitrogen and oxygen atoms in total. The summed E-state index contributed by atoms with van der Waals surface area (Å²) in [4.78, 5) is 0. The second-order valence-corrected chi connectivity index (χ2v) is 12.5. The molecule has 10 atom stereocenters. The molecular weight excluding hydrogens is 336 g/mol. The van der Waals surface area contributed by atoms with Gasteiger partial charge in [-0.15, -0.1) is 0 Å². The molecule has 0 bridgehead atoms. The first kappa shape index (κ1) is 21.2. The summed E-state index contributed by atoms with van der Waals surface area (Å²) in [5.41, 5.74) is 0. The molecule has 0 N–H and O–H groups in total. The summed E-state index contributed by atoms with van der Waals surface area (Å²) < 4.78 is 0. The van der Waals surface area contributed by atoms with Crippen molar-refractivity contribution < 1.29 is 0 Å². The highest BCUT2D eigenvalue weighted by Crippen LogP contribution is 2.51. The van der Waals surface area contributed by atoms with E-state index in [1.54, 1.807) is 64.2 Å². The molecule has 162 valence electrons. The molecule has 28 heavy (non-hydrogen) atoms. The molecule has 0 radical (unpaired) electrons. The van der Waals surface area contributed by atoms with Gasteiger partial charge in [-0.25, -0.2) is 0 Å². The van der Waals surface area contributed by atoms with Crippen LogP contribution < -0.4 is 0 Å². The summed E-state index contributed by atoms with van der Waals surface area (Å²) >= 11 is 0. The van der Waals surface area contributed by atoms with Crippen LogP contribution in [0, 0.1) is 59.2 Å². The van der Waals surface area contributed by atoms with Crippen molar-refractivity contribution in [3.8, 4) is 0 Å². The summed E-state index contributed by atoms with van der Waals surface area (Å²) in [5, 5.41) is 0. The Balaban J connectivity index is 1.29. The SMILES string of the molecule is CC1CCCC(C2CCC(C3CCC(C4CCCC(C)C4)CC3C)C(C)C2)C1. The van der Waals surface area contributed by atoms with E-state index in [0.29, 0.717) is 0 Å². The summed E-state index contributed by atoms with van der Waals surface area (Å²) in [6.07, 6.45) is 21.6. The van der Waals surface area contributed by atoms with Crippen LogP contribution in [0.2, 0.25) is 0 Å². The second kappa shape index (κ2) is 9.43. The molecule has 0 aromatic rings. The van der Waals surface area contributed by atoms with Crippen molar-refractivity contribution in [3.63, 3.8) is 0 Å². The van der Waals surface area contributed by atoms with E-state index in [1.807, 2.05) is 0 Å². The highest BCUT2D eigenvalue weighted by molar-refractivity contribution is 4.92. The van der Waals surface area contributed by atoms with Crippen molar-refractivity contribution >= 4 is 0 Å². The lowest BCUT2D eigenvalue weighted by Crippen LogP contribution is -2.38. The van der Waals surface area contributed by atoms with Crippen molar-refractivity contribution in [2.45, 2.75) is 118 Å². The summed E-state index contributed by atoms with van der Waals surface area (Å²) in [6.45, 7) is 10.3. The van der Waals surface area contributed by atoms with Crippen LogP contribution in [0.1, 0.15) is 118 Å². The van der Waals surface area contributed by atoms with Crippen LogP contribution in [0.15, 0.2) is 0 Å².